The molecule has 0 fully saturated rings. The Bertz CT molecular complexity index is 604. The summed E-state index contributed by atoms with van der Waals surface area (Å²) in [6.45, 7) is 3.84. The lowest BCUT2D eigenvalue weighted by molar-refractivity contribution is -0.123. The van der Waals surface area contributed by atoms with Gasteiger partial charge in [-0.05, 0) is 30.5 Å². The molecule has 0 aromatic heterocycles. The smallest absolute Gasteiger partial charge is 0.411 e. The minimum Gasteiger partial charge on any atom is -0.453 e. The van der Waals surface area contributed by atoms with E-state index in [-0.39, 0.29) is 25.0 Å². The molecule has 0 saturated heterocycles. The normalized spacial score (nSPS) is 11.6. The van der Waals surface area contributed by atoms with E-state index in [4.69, 9.17) is 5.11 Å². The Kier molecular flexibility index (Phi) is 8.42. The van der Waals surface area contributed by atoms with Gasteiger partial charge in [-0.15, -0.1) is 0 Å². The number of aliphatic hydroxyl groups excluding tert-OH is 1. The quantitative estimate of drug-likeness (QED) is 0.560. The number of aliphatic hydroxyl groups is 1. The minimum atomic E-state index is -0.712. The van der Waals surface area contributed by atoms with Crippen molar-refractivity contribution in [1.82, 2.24) is 10.6 Å². The van der Waals surface area contributed by atoms with Crippen LogP contribution < -0.4 is 16.0 Å². The summed E-state index contributed by atoms with van der Waals surface area (Å²) in [5.41, 5.74) is 0.710. The molecule has 1 rings (SSSR count). The summed E-state index contributed by atoms with van der Waals surface area (Å²) in [7, 11) is 1.24. The highest BCUT2D eigenvalue weighted by Gasteiger charge is 2.22. The average molecular weight is 351 g/mol. The van der Waals surface area contributed by atoms with Gasteiger partial charge in [0.05, 0.1) is 13.7 Å². The minimum absolute atomic E-state index is 0.127. The molecule has 0 bridgehead atoms. The fourth-order valence-corrected chi connectivity index (χ4v) is 2.15. The van der Waals surface area contributed by atoms with E-state index < -0.39 is 18.0 Å². The molecule has 1 aromatic carbocycles. The first-order valence-electron chi connectivity index (χ1n) is 8.01. The Hall–Kier alpha value is -2.61. The first-order valence-corrected chi connectivity index (χ1v) is 8.01. The third-order valence-corrected chi connectivity index (χ3v) is 3.30. The number of amides is 3. The average Bonchev–Trinajstić information content (AvgIpc) is 2.58. The van der Waals surface area contributed by atoms with E-state index in [1.807, 2.05) is 13.8 Å². The molecule has 0 radical (unpaired) electrons. The Morgan fingerprint density at radius 1 is 1.24 bits per heavy atom. The molecule has 0 unspecified atom stereocenters. The predicted octanol–water partition coefficient (Wildman–Crippen LogP) is 1.12. The van der Waals surface area contributed by atoms with Gasteiger partial charge in [-0.1, -0.05) is 19.9 Å². The zero-order chi connectivity index (χ0) is 18.8. The number of benzene rings is 1. The molecule has 0 aliphatic heterocycles. The Balaban J connectivity index is 2.83. The van der Waals surface area contributed by atoms with Gasteiger partial charge < -0.3 is 20.5 Å². The maximum atomic E-state index is 12.4. The van der Waals surface area contributed by atoms with Gasteiger partial charge in [0, 0.05) is 17.8 Å². The van der Waals surface area contributed by atoms with Crippen molar-refractivity contribution in [3.8, 4) is 0 Å². The SMILES string of the molecule is COC(=O)Nc1cccc(C(=O)N[C@@H](CC(C)C)C(=O)NCCO)c1. The van der Waals surface area contributed by atoms with Crippen LogP contribution in [0.3, 0.4) is 0 Å². The summed E-state index contributed by atoms with van der Waals surface area (Å²) in [6.07, 6.45) is -0.179. The van der Waals surface area contributed by atoms with E-state index in [0.29, 0.717) is 17.7 Å². The molecule has 0 saturated carbocycles. The summed E-state index contributed by atoms with van der Waals surface area (Å²) in [5, 5.41) is 16.5. The second-order valence-electron chi connectivity index (χ2n) is 5.87. The maximum Gasteiger partial charge on any atom is 0.411 e. The van der Waals surface area contributed by atoms with Crippen LogP contribution in [0.2, 0.25) is 0 Å². The number of anilines is 1. The molecule has 25 heavy (non-hydrogen) atoms. The number of methoxy groups -OCH3 is 1. The molecule has 8 heteroatoms. The van der Waals surface area contributed by atoms with E-state index in [1.165, 1.54) is 13.2 Å². The largest absolute Gasteiger partial charge is 0.453 e. The summed E-state index contributed by atoms with van der Waals surface area (Å²) in [5.74, 6) is -0.587. The number of hydrogen-bond acceptors (Lipinski definition) is 5. The molecule has 0 heterocycles. The first kappa shape index (κ1) is 20.4. The van der Waals surface area contributed by atoms with Crippen LogP contribution in [-0.4, -0.2) is 49.3 Å². The van der Waals surface area contributed by atoms with E-state index in [0.717, 1.165) is 0 Å². The lowest BCUT2D eigenvalue weighted by Gasteiger charge is -2.20. The van der Waals surface area contributed by atoms with Crippen LogP contribution in [-0.2, 0) is 9.53 Å². The van der Waals surface area contributed by atoms with Crippen LogP contribution in [0.4, 0.5) is 10.5 Å². The van der Waals surface area contributed by atoms with Gasteiger partial charge in [0.15, 0.2) is 0 Å². The second-order valence-corrected chi connectivity index (χ2v) is 5.87. The molecular weight excluding hydrogens is 326 g/mol. The third kappa shape index (κ3) is 7.21. The summed E-state index contributed by atoms with van der Waals surface area (Å²) >= 11 is 0. The molecule has 4 N–H and O–H groups in total. The molecule has 3 amide bonds. The third-order valence-electron chi connectivity index (χ3n) is 3.30. The predicted molar refractivity (Wildman–Crippen MR) is 93.3 cm³/mol. The van der Waals surface area contributed by atoms with Crippen molar-refractivity contribution >= 4 is 23.6 Å². The highest BCUT2D eigenvalue weighted by atomic mass is 16.5. The highest BCUT2D eigenvalue weighted by molar-refractivity contribution is 5.98. The van der Waals surface area contributed by atoms with Crippen molar-refractivity contribution in [3.63, 3.8) is 0 Å². The van der Waals surface area contributed by atoms with Crippen molar-refractivity contribution in [2.45, 2.75) is 26.3 Å². The van der Waals surface area contributed by atoms with Crippen LogP contribution in [0.25, 0.3) is 0 Å². The molecule has 0 spiro atoms. The zero-order valence-corrected chi connectivity index (χ0v) is 14.7. The van der Waals surface area contributed by atoms with Crippen LogP contribution in [0.1, 0.15) is 30.6 Å². The monoisotopic (exact) mass is 351 g/mol. The van der Waals surface area contributed by atoms with Gasteiger partial charge in [-0.3, -0.25) is 14.9 Å². The lowest BCUT2D eigenvalue weighted by Crippen LogP contribution is -2.48. The Morgan fingerprint density at radius 3 is 2.56 bits per heavy atom. The Morgan fingerprint density at radius 2 is 1.96 bits per heavy atom. The van der Waals surface area contributed by atoms with Gasteiger partial charge >= 0.3 is 6.09 Å². The number of carbonyl (C=O) groups is 3. The van der Waals surface area contributed by atoms with Crippen LogP contribution in [0.15, 0.2) is 24.3 Å². The van der Waals surface area contributed by atoms with Gasteiger partial charge in [0.1, 0.15) is 6.04 Å². The van der Waals surface area contributed by atoms with Crippen molar-refractivity contribution < 1.29 is 24.2 Å². The van der Waals surface area contributed by atoms with Crippen LogP contribution >= 0.6 is 0 Å². The number of rotatable bonds is 8. The molecule has 138 valence electrons. The molecule has 0 aliphatic rings. The Labute approximate surface area is 146 Å². The summed E-state index contributed by atoms with van der Waals surface area (Å²) in [6, 6.07) is 5.59. The standard InChI is InChI=1S/C17H25N3O5/c1-11(2)9-14(16(23)18-7-8-21)20-15(22)12-5-4-6-13(10-12)19-17(24)25-3/h4-6,10-11,14,21H,7-9H2,1-3H3,(H,18,23)(H,19,24)(H,20,22)/t14-/m0/s1. The number of nitrogens with one attached hydrogen (secondary N) is 3. The van der Waals surface area contributed by atoms with Crippen LogP contribution in [0, 0.1) is 5.92 Å². The van der Waals surface area contributed by atoms with Crippen LogP contribution in [0.5, 0.6) is 0 Å². The van der Waals surface area contributed by atoms with Crippen molar-refractivity contribution in [3.05, 3.63) is 29.8 Å². The topological polar surface area (TPSA) is 117 Å². The molecular formula is C17H25N3O5. The second kappa shape index (κ2) is 10.3. The summed E-state index contributed by atoms with van der Waals surface area (Å²) in [4.78, 5) is 35.8. The van der Waals surface area contributed by atoms with Gasteiger partial charge in [0.25, 0.3) is 5.91 Å². The fraction of sp³-hybridized carbons (Fsp3) is 0.471. The molecule has 8 nitrogen and oxygen atoms in total. The van der Waals surface area contributed by atoms with E-state index in [2.05, 4.69) is 20.7 Å². The van der Waals surface area contributed by atoms with Crippen molar-refractivity contribution in [1.29, 1.82) is 0 Å². The first-order chi connectivity index (χ1) is 11.9. The molecule has 1 aromatic rings. The van der Waals surface area contributed by atoms with Gasteiger partial charge in [-0.2, -0.15) is 0 Å². The highest BCUT2D eigenvalue weighted by Crippen LogP contribution is 2.12. The van der Waals surface area contributed by atoms with E-state index in [1.54, 1.807) is 18.2 Å². The van der Waals surface area contributed by atoms with Crippen molar-refractivity contribution in [2.75, 3.05) is 25.6 Å². The fourth-order valence-electron chi connectivity index (χ4n) is 2.15. The van der Waals surface area contributed by atoms with Crippen molar-refractivity contribution in [2.24, 2.45) is 5.92 Å². The van der Waals surface area contributed by atoms with E-state index >= 15 is 0 Å². The molecule has 0 aliphatic carbocycles. The van der Waals surface area contributed by atoms with Gasteiger partial charge in [-0.25, -0.2) is 4.79 Å². The zero-order valence-electron chi connectivity index (χ0n) is 14.7. The lowest BCUT2D eigenvalue weighted by atomic mass is 10.0. The molecule has 1 atom stereocenters. The van der Waals surface area contributed by atoms with E-state index in [9.17, 15) is 14.4 Å². The van der Waals surface area contributed by atoms with Gasteiger partial charge in [0.2, 0.25) is 5.91 Å². The number of carbonyl (C=O) groups excluding carboxylic acids is 3. The summed E-state index contributed by atoms with van der Waals surface area (Å²) < 4.78 is 4.51. The number of hydrogen-bond donors (Lipinski definition) is 4. The number of ether oxygens (including phenoxy) is 1. The maximum absolute atomic E-state index is 12.4.